The van der Waals surface area contributed by atoms with Crippen molar-refractivity contribution in [3.63, 3.8) is 0 Å². The molecule has 1 heterocycles. The molecule has 34 heavy (non-hydrogen) atoms. The van der Waals surface area contributed by atoms with Gasteiger partial charge in [0.1, 0.15) is 12.4 Å². The Morgan fingerprint density at radius 2 is 1.88 bits per heavy atom. The van der Waals surface area contributed by atoms with Gasteiger partial charge in [0.05, 0.1) is 21.7 Å². The number of halogens is 2. The number of ether oxygens (including phenoxy) is 2. The van der Waals surface area contributed by atoms with E-state index in [1.54, 1.807) is 30.3 Å². The number of aryl methyl sites for hydroxylation is 1. The zero-order valence-electron chi connectivity index (χ0n) is 18.6. The Morgan fingerprint density at radius 3 is 2.62 bits per heavy atom. The van der Waals surface area contributed by atoms with E-state index in [1.165, 1.54) is 17.8 Å². The Balaban J connectivity index is 1.56. The van der Waals surface area contributed by atoms with Crippen molar-refractivity contribution in [3.8, 4) is 11.5 Å². The Kier molecular flexibility index (Phi) is 7.70. The molecule has 8 heteroatoms. The molecule has 1 aliphatic heterocycles. The van der Waals surface area contributed by atoms with Crippen LogP contribution >= 0.6 is 27.7 Å². The van der Waals surface area contributed by atoms with Crippen LogP contribution in [0, 0.1) is 12.7 Å². The van der Waals surface area contributed by atoms with Gasteiger partial charge in [0.15, 0.2) is 16.7 Å². The molecule has 0 radical (unpaired) electrons. The molecule has 5 nitrogen and oxygen atoms in total. The summed E-state index contributed by atoms with van der Waals surface area (Å²) in [6.45, 7) is 4.36. The fraction of sp³-hybridized carbons (Fsp3) is 0.154. The van der Waals surface area contributed by atoms with Gasteiger partial charge in [-0.2, -0.15) is 0 Å². The lowest BCUT2D eigenvalue weighted by Crippen LogP contribution is -2.19. The van der Waals surface area contributed by atoms with E-state index in [-0.39, 0.29) is 18.3 Å². The summed E-state index contributed by atoms with van der Waals surface area (Å²) >= 11 is 4.80. The third-order valence-corrected chi connectivity index (χ3v) is 6.37. The molecule has 0 saturated carbocycles. The normalized spacial score (nSPS) is 15.6. The van der Waals surface area contributed by atoms with E-state index in [0.717, 1.165) is 16.8 Å². The molecule has 3 aromatic rings. The van der Waals surface area contributed by atoms with Crippen LogP contribution < -0.4 is 14.8 Å². The van der Waals surface area contributed by atoms with E-state index in [0.29, 0.717) is 38.2 Å². The van der Waals surface area contributed by atoms with Gasteiger partial charge in [-0.1, -0.05) is 35.9 Å². The van der Waals surface area contributed by atoms with Crippen molar-refractivity contribution in [1.82, 2.24) is 5.32 Å². The Morgan fingerprint density at radius 1 is 1.12 bits per heavy atom. The summed E-state index contributed by atoms with van der Waals surface area (Å²) in [5, 5.41) is 3.32. The molecule has 4 rings (SSSR count). The van der Waals surface area contributed by atoms with Crippen LogP contribution in [0.5, 0.6) is 11.5 Å². The van der Waals surface area contributed by atoms with Gasteiger partial charge in [-0.25, -0.2) is 9.38 Å². The van der Waals surface area contributed by atoms with Crippen molar-refractivity contribution < 1.29 is 18.7 Å². The van der Waals surface area contributed by atoms with Crippen LogP contribution in [0.2, 0.25) is 0 Å². The quantitative estimate of drug-likeness (QED) is 0.336. The first-order chi connectivity index (χ1) is 16.4. The second kappa shape index (κ2) is 10.9. The second-order valence-electron chi connectivity index (χ2n) is 7.46. The summed E-state index contributed by atoms with van der Waals surface area (Å²) in [6, 6.07) is 17.8. The number of benzene rings is 3. The number of amides is 1. The zero-order chi connectivity index (χ0) is 24.1. The Hall–Kier alpha value is -3.10. The predicted molar refractivity (Wildman–Crippen MR) is 138 cm³/mol. The van der Waals surface area contributed by atoms with Crippen molar-refractivity contribution in [2.45, 2.75) is 20.5 Å². The molecule has 1 amide bonds. The van der Waals surface area contributed by atoms with E-state index in [4.69, 9.17) is 9.47 Å². The number of carbonyl (C=O) groups is 1. The van der Waals surface area contributed by atoms with Crippen LogP contribution in [0.4, 0.5) is 10.1 Å². The van der Waals surface area contributed by atoms with Gasteiger partial charge in [0.25, 0.3) is 5.91 Å². The fourth-order valence-electron chi connectivity index (χ4n) is 3.21. The third-order valence-electron chi connectivity index (χ3n) is 4.87. The molecule has 174 valence electrons. The number of thioether (sulfide) groups is 1. The average Bonchev–Trinajstić information content (AvgIpc) is 3.14. The number of rotatable bonds is 7. The molecule has 0 aliphatic carbocycles. The van der Waals surface area contributed by atoms with Crippen molar-refractivity contribution in [2.24, 2.45) is 4.99 Å². The molecule has 3 aromatic carbocycles. The van der Waals surface area contributed by atoms with E-state index in [9.17, 15) is 9.18 Å². The molecule has 0 spiro atoms. The van der Waals surface area contributed by atoms with Crippen LogP contribution in [0.15, 0.2) is 75.0 Å². The lowest BCUT2D eigenvalue weighted by atomic mass is 10.1. The monoisotopic (exact) mass is 540 g/mol. The average molecular weight is 541 g/mol. The molecule has 0 aromatic heterocycles. The van der Waals surface area contributed by atoms with E-state index in [1.807, 2.05) is 44.2 Å². The molecule has 0 bridgehead atoms. The first kappa shape index (κ1) is 24.0. The molecule has 0 unspecified atom stereocenters. The topological polar surface area (TPSA) is 59.9 Å². The van der Waals surface area contributed by atoms with E-state index >= 15 is 0 Å². The molecule has 1 aliphatic rings. The standard InChI is InChI=1S/C26H22BrFN2O3S/c1-3-32-22-13-17(12-20(27)24(22)33-15-18-6-4-5-7-21(18)28)14-23-25(31)30-26(34-23)29-19-10-8-16(2)9-11-19/h4-14H,3,15H2,1-2H3,(H,29,30,31)/b23-14+. The molecular formula is C26H22BrFN2O3S. The largest absolute Gasteiger partial charge is 0.490 e. The van der Waals surface area contributed by atoms with Crippen molar-refractivity contribution in [2.75, 3.05) is 6.61 Å². The maximum atomic E-state index is 14.0. The second-order valence-corrected chi connectivity index (χ2v) is 9.35. The minimum absolute atomic E-state index is 0.0584. The highest BCUT2D eigenvalue weighted by atomic mass is 79.9. The number of hydrogen-bond acceptors (Lipinski definition) is 5. The van der Waals surface area contributed by atoms with Crippen LogP contribution in [0.3, 0.4) is 0 Å². The van der Waals surface area contributed by atoms with Gasteiger partial charge < -0.3 is 14.8 Å². The number of amidine groups is 1. The molecule has 1 N–H and O–H groups in total. The van der Waals surface area contributed by atoms with Gasteiger partial charge in [-0.05, 0) is 83.5 Å². The Bertz CT molecular complexity index is 1280. The van der Waals surface area contributed by atoms with Crippen molar-refractivity contribution in [3.05, 3.63) is 92.5 Å². The molecule has 0 atom stereocenters. The summed E-state index contributed by atoms with van der Waals surface area (Å²) < 4.78 is 26.3. The minimum Gasteiger partial charge on any atom is -0.490 e. The van der Waals surface area contributed by atoms with Crippen LogP contribution in [0.1, 0.15) is 23.6 Å². The number of nitrogens with zero attached hydrogens (tertiary/aromatic N) is 1. The smallest absolute Gasteiger partial charge is 0.264 e. The van der Waals surface area contributed by atoms with Crippen LogP contribution in [0.25, 0.3) is 6.08 Å². The summed E-state index contributed by atoms with van der Waals surface area (Å²) in [4.78, 5) is 17.5. The Labute approximate surface area is 210 Å². The number of nitrogens with one attached hydrogen (secondary N) is 1. The lowest BCUT2D eigenvalue weighted by Gasteiger charge is -2.15. The van der Waals surface area contributed by atoms with E-state index in [2.05, 4.69) is 26.2 Å². The zero-order valence-corrected chi connectivity index (χ0v) is 21.0. The van der Waals surface area contributed by atoms with Gasteiger partial charge in [0.2, 0.25) is 0 Å². The highest BCUT2D eigenvalue weighted by Gasteiger charge is 2.24. The SMILES string of the molecule is CCOc1cc(/C=C2/SC(=Nc3ccc(C)cc3)NC2=O)cc(Br)c1OCc1ccccc1F. The van der Waals surface area contributed by atoms with Gasteiger partial charge in [-0.3, -0.25) is 4.79 Å². The molecular weight excluding hydrogens is 519 g/mol. The van der Waals surface area contributed by atoms with Crippen LogP contribution in [-0.4, -0.2) is 17.7 Å². The number of hydrogen-bond donors (Lipinski definition) is 1. The molecule has 1 saturated heterocycles. The fourth-order valence-corrected chi connectivity index (χ4v) is 4.62. The van der Waals surface area contributed by atoms with Crippen LogP contribution in [-0.2, 0) is 11.4 Å². The number of carbonyl (C=O) groups excluding carboxylic acids is 1. The predicted octanol–water partition coefficient (Wildman–Crippen LogP) is 6.77. The van der Waals surface area contributed by atoms with Gasteiger partial charge in [-0.15, -0.1) is 0 Å². The maximum absolute atomic E-state index is 14.0. The van der Waals surface area contributed by atoms with Crippen molar-refractivity contribution >= 4 is 50.5 Å². The summed E-state index contributed by atoms with van der Waals surface area (Å²) in [5.74, 6) is 0.421. The van der Waals surface area contributed by atoms with Gasteiger partial charge in [0, 0.05) is 5.56 Å². The number of aliphatic imine (C=N–C) groups is 1. The first-order valence-electron chi connectivity index (χ1n) is 10.6. The maximum Gasteiger partial charge on any atom is 0.264 e. The summed E-state index contributed by atoms with van der Waals surface area (Å²) in [7, 11) is 0. The lowest BCUT2D eigenvalue weighted by molar-refractivity contribution is -0.115. The molecule has 1 fully saturated rings. The highest BCUT2D eigenvalue weighted by molar-refractivity contribution is 9.10. The van der Waals surface area contributed by atoms with Gasteiger partial charge >= 0.3 is 0 Å². The minimum atomic E-state index is -0.328. The highest BCUT2D eigenvalue weighted by Crippen LogP contribution is 2.39. The van der Waals surface area contributed by atoms with Crippen molar-refractivity contribution in [1.29, 1.82) is 0 Å². The summed E-state index contributed by atoms with van der Waals surface area (Å²) in [6.07, 6.45) is 1.77. The van der Waals surface area contributed by atoms with E-state index < -0.39 is 0 Å². The summed E-state index contributed by atoms with van der Waals surface area (Å²) in [5.41, 5.74) is 3.11. The first-order valence-corrected chi connectivity index (χ1v) is 12.2. The third kappa shape index (κ3) is 5.87.